The minimum atomic E-state index is 0.117. The molecule has 0 saturated carbocycles. The molecule has 1 heteroatoms. The maximum Gasteiger partial charge on any atom is 0.0409 e. The molecule has 1 nitrogen and oxygen atoms in total. The van der Waals surface area contributed by atoms with E-state index in [9.17, 15) is 0 Å². The molecule has 2 rings (SSSR count). The number of benzene rings is 1. The second kappa shape index (κ2) is 3.28. The summed E-state index contributed by atoms with van der Waals surface area (Å²) < 4.78 is 0. The average molecular weight is 231 g/mol. The zero-order valence-electron chi connectivity index (χ0n) is 12.2. The molecule has 0 amide bonds. The van der Waals surface area contributed by atoms with Crippen molar-refractivity contribution in [2.24, 2.45) is 0 Å². The second-order valence-electron chi connectivity index (χ2n) is 7.39. The molecular weight excluding hydrogens is 206 g/mol. The highest BCUT2D eigenvalue weighted by atomic mass is 15.0. The van der Waals surface area contributed by atoms with E-state index < -0.39 is 0 Å². The van der Waals surface area contributed by atoms with Crippen molar-refractivity contribution in [1.29, 1.82) is 0 Å². The molecule has 94 valence electrons. The molecule has 0 fully saturated rings. The largest absolute Gasteiger partial charge is 0.379 e. The Morgan fingerprint density at radius 2 is 1.59 bits per heavy atom. The lowest BCUT2D eigenvalue weighted by Crippen LogP contribution is -2.43. The third-order valence-electron chi connectivity index (χ3n) is 4.57. The van der Waals surface area contributed by atoms with E-state index in [1.54, 1.807) is 0 Å². The Hall–Kier alpha value is -0.980. The Labute approximate surface area is 106 Å². The van der Waals surface area contributed by atoms with Gasteiger partial charge in [0, 0.05) is 16.6 Å². The van der Waals surface area contributed by atoms with Crippen LogP contribution in [0.15, 0.2) is 18.2 Å². The van der Waals surface area contributed by atoms with Crippen LogP contribution >= 0.6 is 0 Å². The standard InChI is InChI=1S/C16H25N/c1-14(2,3)11-8-9-13-12(10-11)15(4,5)16(6,7)17-13/h8-10,17H,1-7H3. The number of anilines is 1. The smallest absolute Gasteiger partial charge is 0.0409 e. The van der Waals surface area contributed by atoms with Gasteiger partial charge < -0.3 is 5.32 Å². The van der Waals surface area contributed by atoms with Gasteiger partial charge in [-0.2, -0.15) is 0 Å². The molecular formula is C16H25N. The van der Waals surface area contributed by atoms with Crippen LogP contribution in [0.3, 0.4) is 0 Å². The first-order valence-corrected chi connectivity index (χ1v) is 6.49. The van der Waals surface area contributed by atoms with Crippen LogP contribution in [0.25, 0.3) is 0 Å². The minimum absolute atomic E-state index is 0.117. The fourth-order valence-electron chi connectivity index (χ4n) is 2.47. The normalized spacial score (nSPS) is 20.9. The van der Waals surface area contributed by atoms with Gasteiger partial charge in [0.25, 0.3) is 0 Å². The van der Waals surface area contributed by atoms with Gasteiger partial charge in [-0.1, -0.05) is 46.8 Å². The molecule has 0 aliphatic carbocycles. The van der Waals surface area contributed by atoms with Crippen LogP contribution in [0.2, 0.25) is 0 Å². The first kappa shape index (κ1) is 12.5. The van der Waals surface area contributed by atoms with E-state index in [-0.39, 0.29) is 16.4 Å². The number of rotatable bonds is 0. The van der Waals surface area contributed by atoms with Gasteiger partial charge in [-0.3, -0.25) is 0 Å². The van der Waals surface area contributed by atoms with Crippen LogP contribution in [0.5, 0.6) is 0 Å². The highest BCUT2D eigenvalue weighted by Crippen LogP contribution is 2.47. The zero-order chi connectivity index (χ0) is 13.1. The summed E-state index contributed by atoms with van der Waals surface area (Å²) in [6.45, 7) is 16.0. The van der Waals surface area contributed by atoms with Crippen LogP contribution in [0.4, 0.5) is 5.69 Å². The molecule has 0 unspecified atom stereocenters. The summed E-state index contributed by atoms with van der Waals surface area (Å²) >= 11 is 0. The molecule has 0 aromatic heterocycles. The second-order valence-corrected chi connectivity index (χ2v) is 7.39. The topological polar surface area (TPSA) is 12.0 Å². The minimum Gasteiger partial charge on any atom is -0.379 e. The number of fused-ring (bicyclic) bond motifs is 1. The van der Waals surface area contributed by atoms with Crippen LogP contribution < -0.4 is 5.32 Å². The lowest BCUT2D eigenvalue weighted by molar-refractivity contribution is 0.358. The van der Waals surface area contributed by atoms with Crippen LogP contribution in [0, 0.1) is 0 Å². The lowest BCUT2D eigenvalue weighted by Gasteiger charge is -2.35. The Balaban J connectivity index is 2.57. The number of nitrogens with one attached hydrogen (secondary N) is 1. The first-order chi connectivity index (χ1) is 7.56. The molecule has 1 N–H and O–H groups in total. The van der Waals surface area contributed by atoms with Gasteiger partial charge in [0.05, 0.1) is 0 Å². The average Bonchev–Trinajstić information content (AvgIpc) is 2.32. The summed E-state index contributed by atoms with van der Waals surface area (Å²) in [5, 5.41) is 3.64. The van der Waals surface area contributed by atoms with Crippen molar-refractivity contribution < 1.29 is 0 Å². The van der Waals surface area contributed by atoms with Gasteiger partial charge in [0.1, 0.15) is 0 Å². The molecule has 17 heavy (non-hydrogen) atoms. The summed E-state index contributed by atoms with van der Waals surface area (Å²) in [6, 6.07) is 6.88. The summed E-state index contributed by atoms with van der Waals surface area (Å²) in [6.07, 6.45) is 0. The van der Waals surface area contributed by atoms with E-state index in [1.165, 1.54) is 16.8 Å². The monoisotopic (exact) mass is 231 g/mol. The molecule has 0 radical (unpaired) electrons. The van der Waals surface area contributed by atoms with E-state index in [0.29, 0.717) is 0 Å². The quantitative estimate of drug-likeness (QED) is 0.695. The Morgan fingerprint density at radius 3 is 2.12 bits per heavy atom. The number of hydrogen-bond acceptors (Lipinski definition) is 1. The van der Waals surface area contributed by atoms with Crippen molar-refractivity contribution >= 4 is 5.69 Å². The third-order valence-corrected chi connectivity index (χ3v) is 4.57. The van der Waals surface area contributed by atoms with Crippen LogP contribution in [-0.2, 0) is 10.8 Å². The molecule has 0 saturated heterocycles. The lowest BCUT2D eigenvalue weighted by atomic mass is 9.72. The maximum atomic E-state index is 3.64. The highest BCUT2D eigenvalue weighted by Gasteiger charge is 2.45. The van der Waals surface area contributed by atoms with Crippen LogP contribution in [0.1, 0.15) is 59.6 Å². The van der Waals surface area contributed by atoms with E-state index in [1.807, 2.05) is 0 Å². The van der Waals surface area contributed by atoms with Crippen molar-refractivity contribution in [3.63, 3.8) is 0 Å². The predicted molar refractivity (Wildman–Crippen MR) is 75.9 cm³/mol. The van der Waals surface area contributed by atoms with E-state index in [2.05, 4.69) is 72.0 Å². The molecule has 0 spiro atoms. The van der Waals surface area contributed by atoms with Crippen molar-refractivity contribution in [3.8, 4) is 0 Å². The molecule has 1 heterocycles. The van der Waals surface area contributed by atoms with Gasteiger partial charge >= 0.3 is 0 Å². The summed E-state index contributed by atoms with van der Waals surface area (Å²) in [5.41, 5.74) is 4.68. The van der Waals surface area contributed by atoms with Crippen LogP contribution in [-0.4, -0.2) is 5.54 Å². The van der Waals surface area contributed by atoms with E-state index >= 15 is 0 Å². The number of hydrogen-bond donors (Lipinski definition) is 1. The third kappa shape index (κ3) is 1.76. The molecule has 1 aromatic rings. The van der Waals surface area contributed by atoms with Crippen molar-refractivity contribution in [2.45, 2.75) is 64.8 Å². The van der Waals surface area contributed by atoms with E-state index in [0.717, 1.165) is 0 Å². The Kier molecular flexibility index (Phi) is 2.40. The zero-order valence-corrected chi connectivity index (χ0v) is 12.2. The van der Waals surface area contributed by atoms with Gasteiger partial charge in [-0.25, -0.2) is 0 Å². The fourth-order valence-corrected chi connectivity index (χ4v) is 2.47. The highest BCUT2D eigenvalue weighted by molar-refractivity contribution is 5.64. The summed E-state index contributed by atoms with van der Waals surface area (Å²) in [7, 11) is 0. The fraction of sp³-hybridized carbons (Fsp3) is 0.625. The molecule has 1 aliphatic heterocycles. The molecule has 0 bridgehead atoms. The van der Waals surface area contributed by atoms with Gasteiger partial charge in [0.15, 0.2) is 0 Å². The Bertz CT molecular complexity index is 447. The van der Waals surface area contributed by atoms with Crippen molar-refractivity contribution in [1.82, 2.24) is 0 Å². The van der Waals surface area contributed by atoms with E-state index in [4.69, 9.17) is 0 Å². The van der Waals surface area contributed by atoms with Crippen molar-refractivity contribution in [3.05, 3.63) is 29.3 Å². The summed E-state index contributed by atoms with van der Waals surface area (Å²) in [5.74, 6) is 0. The van der Waals surface area contributed by atoms with Gasteiger partial charge in [-0.15, -0.1) is 0 Å². The predicted octanol–water partition coefficient (Wildman–Crippen LogP) is 4.47. The van der Waals surface area contributed by atoms with Crippen molar-refractivity contribution in [2.75, 3.05) is 5.32 Å². The molecule has 1 aromatic carbocycles. The van der Waals surface area contributed by atoms with Gasteiger partial charge in [0.2, 0.25) is 0 Å². The molecule has 1 aliphatic rings. The molecule has 0 atom stereocenters. The Morgan fingerprint density at radius 1 is 1.00 bits per heavy atom. The first-order valence-electron chi connectivity index (χ1n) is 6.49. The maximum absolute atomic E-state index is 3.64. The SMILES string of the molecule is CC(C)(C)c1ccc2c(c1)C(C)(C)C(C)(C)N2. The van der Waals surface area contributed by atoms with Gasteiger partial charge in [-0.05, 0) is 36.5 Å². The summed E-state index contributed by atoms with van der Waals surface area (Å²) in [4.78, 5) is 0.